The Balaban J connectivity index is 1.99. The molecule has 2 heterocycles. The van der Waals surface area contributed by atoms with Crippen molar-refractivity contribution in [2.24, 2.45) is 0 Å². The van der Waals surface area contributed by atoms with Crippen LogP contribution in [0.1, 0.15) is 39.0 Å². The lowest BCUT2D eigenvalue weighted by Gasteiger charge is -2.32. The number of esters is 1. The number of hydrogen-bond acceptors (Lipinski definition) is 5. The first-order valence-electron chi connectivity index (χ1n) is 7.89. The van der Waals surface area contributed by atoms with Gasteiger partial charge in [-0.2, -0.15) is 0 Å². The summed E-state index contributed by atoms with van der Waals surface area (Å²) in [6.45, 7) is 5.89. The fourth-order valence-corrected chi connectivity index (χ4v) is 3.11. The van der Waals surface area contributed by atoms with Crippen LogP contribution in [0.15, 0.2) is 0 Å². The summed E-state index contributed by atoms with van der Waals surface area (Å²) in [7, 11) is 2.11. The molecule has 0 amide bonds. The predicted octanol–water partition coefficient (Wildman–Crippen LogP) is 1.17. The molecule has 0 aromatic rings. The third-order valence-corrected chi connectivity index (χ3v) is 4.42. The summed E-state index contributed by atoms with van der Waals surface area (Å²) < 4.78 is 11.0. The minimum absolute atomic E-state index is 0.0895. The number of hydrogen-bond donors (Lipinski definition) is 1. The molecule has 116 valence electrons. The zero-order valence-corrected chi connectivity index (χ0v) is 12.8. The van der Waals surface area contributed by atoms with E-state index in [0.717, 1.165) is 58.3 Å². The molecular weight excluding hydrogens is 256 g/mol. The van der Waals surface area contributed by atoms with Crippen LogP contribution in [0.2, 0.25) is 0 Å². The summed E-state index contributed by atoms with van der Waals surface area (Å²) >= 11 is 0. The second-order valence-electron chi connectivity index (χ2n) is 5.98. The number of likely N-dealkylation sites (tertiary alicyclic amines) is 1. The van der Waals surface area contributed by atoms with Crippen LogP contribution in [0.4, 0.5) is 0 Å². The van der Waals surface area contributed by atoms with Crippen molar-refractivity contribution in [3.8, 4) is 0 Å². The molecule has 5 nitrogen and oxygen atoms in total. The normalized spacial score (nSPS) is 32.0. The summed E-state index contributed by atoms with van der Waals surface area (Å²) in [5, 5.41) is 3.50. The fraction of sp³-hybridized carbons (Fsp3) is 0.933. The van der Waals surface area contributed by atoms with Crippen molar-refractivity contribution < 1.29 is 14.3 Å². The highest BCUT2D eigenvalue weighted by atomic mass is 16.5. The van der Waals surface area contributed by atoms with Crippen LogP contribution >= 0.6 is 0 Å². The van der Waals surface area contributed by atoms with E-state index in [1.54, 1.807) is 0 Å². The molecule has 2 saturated heterocycles. The van der Waals surface area contributed by atoms with Gasteiger partial charge in [-0.05, 0) is 52.6 Å². The van der Waals surface area contributed by atoms with Gasteiger partial charge in [0, 0.05) is 19.7 Å². The van der Waals surface area contributed by atoms with Gasteiger partial charge in [0.1, 0.15) is 5.54 Å². The zero-order valence-electron chi connectivity index (χ0n) is 12.8. The van der Waals surface area contributed by atoms with Gasteiger partial charge in [-0.15, -0.1) is 0 Å². The van der Waals surface area contributed by atoms with E-state index in [4.69, 9.17) is 9.47 Å². The van der Waals surface area contributed by atoms with E-state index < -0.39 is 5.54 Å². The van der Waals surface area contributed by atoms with Crippen LogP contribution < -0.4 is 5.32 Å². The molecule has 0 bridgehead atoms. The number of nitrogens with zero attached hydrogens (tertiary/aromatic N) is 1. The van der Waals surface area contributed by atoms with Gasteiger partial charge in [0.05, 0.1) is 12.7 Å². The molecule has 2 fully saturated rings. The van der Waals surface area contributed by atoms with Gasteiger partial charge in [-0.3, -0.25) is 10.1 Å². The molecule has 2 rings (SSSR count). The van der Waals surface area contributed by atoms with Crippen LogP contribution in [0.5, 0.6) is 0 Å². The Hall–Kier alpha value is -0.650. The molecule has 2 unspecified atom stereocenters. The maximum Gasteiger partial charge on any atom is 0.326 e. The van der Waals surface area contributed by atoms with Crippen molar-refractivity contribution in [3.05, 3.63) is 0 Å². The van der Waals surface area contributed by atoms with E-state index in [-0.39, 0.29) is 12.1 Å². The van der Waals surface area contributed by atoms with Gasteiger partial charge < -0.3 is 14.4 Å². The molecule has 0 spiro atoms. The van der Waals surface area contributed by atoms with Crippen LogP contribution in [-0.4, -0.2) is 62.4 Å². The molecule has 0 aromatic carbocycles. The molecule has 0 radical (unpaired) electrons. The van der Waals surface area contributed by atoms with Crippen molar-refractivity contribution in [1.82, 2.24) is 10.2 Å². The number of rotatable bonds is 5. The number of ether oxygens (including phenoxy) is 2. The van der Waals surface area contributed by atoms with Crippen LogP contribution in [-0.2, 0) is 14.3 Å². The third kappa shape index (κ3) is 3.93. The van der Waals surface area contributed by atoms with E-state index >= 15 is 0 Å². The van der Waals surface area contributed by atoms with Crippen LogP contribution in [0.3, 0.4) is 0 Å². The fourth-order valence-electron chi connectivity index (χ4n) is 3.11. The summed E-state index contributed by atoms with van der Waals surface area (Å²) in [6, 6.07) is 0. The third-order valence-electron chi connectivity index (χ3n) is 4.42. The number of carbonyl (C=O) groups excluding carboxylic acids is 1. The van der Waals surface area contributed by atoms with Crippen LogP contribution in [0, 0.1) is 0 Å². The van der Waals surface area contributed by atoms with Gasteiger partial charge in [0.25, 0.3) is 0 Å². The van der Waals surface area contributed by atoms with Gasteiger partial charge in [0.2, 0.25) is 0 Å². The molecule has 20 heavy (non-hydrogen) atoms. The van der Waals surface area contributed by atoms with Crippen molar-refractivity contribution >= 4 is 5.97 Å². The Morgan fingerprint density at radius 1 is 1.40 bits per heavy atom. The standard InChI is InChI=1S/C15H28N2O3/c1-3-19-14(18)15(7-5-9-17(2)10-8-15)16-12-13-6-4-11-20-13/h13,16H,3-12H2,1-2H3. The van der Waals surface area contributed by atoms with Crippen molar-refractivity contribution in [1.29, 1.82) is 0 Å². The molecule has 2 aliphatic heterocycles. The van der Waals surface area contributed by atoms with E-state index in [2.05, 4.69) is 17.3 Å². The van der Waals surface area contributed by atoms with Gasteiger partial charge >= 0.3 is 5.97 Å². The Kier molecular flexibility index (Phi) is 5.81. The van der Waals surface area contributed by atoms with E-state index in [1.165, 1.54) is 0 Å². The Morgan fingerprint density at radius 3 is 2.95 bits per heavy atom. The topological polar surface area (TPSA) is 50.8 Å². The summed E-state index contributed by atoms with van der Waals surface area (Å²) in [4.78, 5) is 14.7. The van der Waals surface area contributed by atoms with Crippen molar-refractivity contribution in [2.45, 2.75) is 50.7 Å². The second kappa shape index (κ2) is 7.38. The summed E-state index contributed by atoms with van der Waals surface area (Å²) in [5.74, 6) is -0.0895. The minimum atomic E-state index is -0.521. The van der Waals surface area contributed by atoms with Gasteiger partial charge in [0.15, 0.2) is 0 Å². The highest BCUT2D eigenvalue weighted by molar-refractivity contribution is 5.81. The molecule has 2 aliphatic rings. The quantitative estimate of drug-likeness (QED) is 0.768. The lowest BCUT2D eigenvalue weighted by atomic mass is 9.90. The number of carbonyl (C=O) groups is 1. The van der Waals surface area contributed by atoms with E-state index in [1.807, 2.05) is 6.92 Å². The highest BCUT2D eigenvalue weighted by Gasteiger charge is 2.41. The SMILES string of the molecule is CCOC(=O)C1(NCC2CCCO2)CCCN(C)CC1. The Labute approximate surface area is 122 Å². The molecule has 0 aromatic heterocycles. The van der Waals surface area contributed by atoms with Gasteiger partial charge in [-0.1, -0.05) is 0 Å². The molecule has 1 N–H and O–H groups in total. The Morgan fingerprint density at radius 2 is 2.25 bits per heavy atom. The first-order chi connectivity index (χ1) is 9.66. The predicted molar refractivity (Wildman–Crippen MR) is 77.7 cm³/mol. The van der Waals surface area contributed by atoms with E-state index in [9.17, 15) is 4.79 Å². The molecule has 0 saturated carbocycles. The molecule has 2 atom stereocenters. The summed E-state index contributed by atoms with van der Waals surface area (Å²) in [5.41, 5.74) is -0.521. The molecule has 5 heteroatoms. The largest absolute Gasteiger partial charge is 0.465 e. The lowest BCUT2D eigenvalue weighted by Crippen LogP contribution is -2.55. The van der Waals surface area contributed by atoms with Crippen molar-refractivity contribution in [2.75, 3.05) is 39.9 Å². The minimum Gasteiger partial charge on any atom is -0.465 e. The smallest absolute Gasteiger partial charge is 0.326 e. The zero-order chi connectivity index (χ0) is 14.4. The average molecular weight is 284 g/mol. The van der Waals surface area contributed by atoms with Crippen molar-refractivity contribution in [3.63, 3.8) is 0 Å². The maximum atomic E-state index is 12.4. The molecular formula is C15H28N2O3. The monoisotopic (exact) mass is 284 g/mol. The van der Waals surface area contributed by atoms with E-state index in [0.29, 0.717) is 6.61 Å². The first-order valence-corrected chi connectivity index (χ1v) is 7.89. The second-order valence-corrected chi connectivity index (χ2v) is 5.98. The van der Waals surface area contributed by atoms with Crippen LogP contribution in [0.25, 0.3) is 0 Å². The molecule has 0 aliphatic carbocycles. The maximum absolute atomic E-state index is 12.4. The van der Waals surface area contributed by atoms with Gasteiger partial charge in [-0.25, -0.2) is 0 Å². The highest BCUT2D eigenvalue weighted by Crippen LogP contribution is 2.24. The lowest BCUT2D eigenvalue weighted by molar-refractivity contribution is -0.152. The summed E-state index contributed by atoms with van der Waals surface area (Å²) in [6.07, 6.45) is 5.15. The number of nitrogens with one attached hydrogen (secondary N) is 1. The Bertz CT molecular complexity index is 318. The first kappa shape index (κ1) is 15.7. The average Bonchev–Trinajstić information content (AvgIpc) is 2.88.